The van der Waals surface area contributed by atoms with Gasteiger partial charge in [-0.15, -0.1) is 0 Å². The minimum atomic E-state index is -0.758. The van der Waals surface area contributed by atoms with Crippen LogP contribution in [-0.2, 0) is 22.6 Å². The Morgan fingerprint density at radius 3 is 2.28 bits per heavy atom. The smallest absolute Gasteiger partial charge is 0.261 e. The van der Waals surface area contributed by atoms with Gasteiger partial charge in [0.25, 0.3) is 5.91 Å². The van der Waals surface area contributed by atoms with Gasteiger partial charge in [-0.05, 0) is 60.2 Å². The van der Waals surface area contributed by atoms with E-state index in [1.807, 2.05) is 76.2 Å². The highest BCUT2D eigenvalue weighted by atomic mass is 19.1. The van der Waals surface area contributed by atoms with E-state index in [0.29, 0.717) is 18.7 Å². The fourth-order valence-corrected chi connectivity index (χ4v) is 3.87. The van der Waals surface area contributed by atoms with Gasteiger partial charge in [0.05, 0.1) is 0 Å². The first kappa shape index (κ1) is 26.9. The summed E-state index contributed by atoms with van der Waals surface area (Å²) in [6.07, 6.45) is 0.348. The van der Waals surface area contributed by atoms with Crippen LogP contribution in [0, 0.1) is 25.6 Å². The summed E-state index contributed by atoms with van der Waals surface area (Å²) in [5.41, 5.74) is 3.70. The predicted molar refractivity (Wildman–Crippen MR) is 140 cm³/mol. The number of hydrogen-bond donors (Lipinski definition) is 1. The van der Waals surface area contributed by atoms with Crippen LogP contribution in [0.3, 0.4) is 0 Å². The maximum Gasteiger partial charge on any atom is 0.261 e. The van der Waals surface area contributed by atoms with Crippen molar-refractivity contribution in [1.82, 2.24) is 10.2 Å². The van der Waals surface area contributed by atoms with Crippen LogP contribution in [0.4, 0.5) is 4.39 Å². The fourth-order valence-electron chi connectivity index (χ4n) is 3.87. The molecule has 0 saturated carbocycles. The van der Waals surface area contributed by atoms with Gasteiger partial charge in [-0.1, -0.05) is 68.4 Å². The van der Waals surface area contributed by atoms with E-state index in [1.165, 1.54) is 12.1 Å². The van der Waals surface area contributed by atoms with Crippen molar-refractivity contribution in [2.24, 2.45) is 5.92 Å². The molecule has 0 bridgehead atoms. The molecule has 5 nitrogen and oxygen atoms in total. The molecule has 2 amide bonds. The average molecular weight is 491 g/mol. The first-order valence-corrected chi connectivity index (χ1v) is 12.3. The molecule has 36 heavy (non-hydrogen) atoms. The van der Waals surface area contributed by atoms with E-state index in [2.05, 4.69) is 5.32 Å². The lowest BCUT2D eigenvalue weighted by Gasteiger charge is -2.32. The number of halogens is 1. The number of rotatable bonds is 11. The molecule has 3 aromatic rings. The topological polar surface area (TPSA) is 58.6 Å². The highest BCUT2D eigenvalue weighted by Crippen LogP contribution is 2.21. The second kappa shape index (κ2) is 12.9. The Labute approximate surface area is 213 Å². The number of aryl methyl sites for hydroxylation is 1. The lowest BCUT2D eigenvalue weighted by Crippen LogP contribution is -2.52. The molecule has 3 aromatic carbocycles. The molecule has 0 aliphatic carbocycles. The zero-order chi connectivity index (χ0) is 26.1. The van der Waals surface area contributed by atoms with E-state index in [4.69, 9.17) is 4.74 Å². The van der Waals surface area contributed by atoms with Crippen LogP contribution in [0.15, 0.2) is 72.8 Å². The van der Waals surface area contributed by atoms with Crippen molar-refractivity contribution in [2.75, 3.05) is 13.2 Å². The van der Waals surface area contributed by atoms with Crippen LogP contribution in [0.25, 0.3) is 0 Å². The van der Waals surface area contributed by atoms with Crippen LogP contribution >= 0.6 is 0 Å². The van der Waals surface area contributed by atoms with Crippen molar-refractivity contribution < 1.29 is 18.7 Å². The van der Waals surface area contributed by atoms with Gasteiger partial charge >= 0.3 is 0 Å². The number of hydrogen-bond acceptors (Lipinski definition) is 3. The van der Waals surface area contributed by atoms with E-state index >= 15 is 0 Å². The maximum absolute atomic E-state index is 13.6. The number of carbonyl (C=O) groups is 2. The van der Waals surface area contributed by atoms with Gasteiger partial charge in [-0.25, -0.2) is 4.39 Å². The standard InChI is InChI=1S/C30H35FN2O3/c1-21(2)18-32-30(35)27(17-24-10-6-5-7-11-24)33(19-25-13-15-26(31)16-14-25)29(34)20-36-28-12-8-9-22(3)23(28)4/h5-16,21,27H,17-20H2,1-4H3,(H,32,35)/t27-/m0/s1. The van der Waals surface area contributed by atoms with Gasteiger partial charge in [0, 0.05) is 19.5 Å². The third kappa shape index (κ3) is 7.67. The Kier molecular flexibility index (Phi) is 9.62. The molecule has 6 heteroatoms. The number of nitrogens with one attached hydrogen (secondary N) is 1. The van der Waals surface area contributed by atoms with Crippen molar-refractivity contribution in [2.45, 2.75) is 46.7 Å². The van der Waals surface area contributed by atoms with Crippen molar-refractivity contribution in [3.63, 3.8) is 0 Å². The van der Waals surface area contributed by atoms with Crippen LogP contribution in [0.1, 0.15) is 36.1 Å². The zero-order valence-electron chi connectivity index (χ0n) is 21.5. The Hall–Kier alpha value is -3.67. The normalized spacial score (nSPS) is 11.7. The quantitative estimate of drug-likeness (QED) is 0.400. The molecule has 190 valence electrons. The van der Waals surface area contributed by atoms with Crippen molar-refractivity contribution >= 4 is 11.8 Å². The van der Waals surface area contributed by atoms with Crippen molar-refractivity contribution in [3.8, 4) is 5.75 Å². The first-order valence-electron chi connectivity index (χ1n) is 12.3. The summed E-state index contributed by atoms with van der Waals surface area (Å²) in [4.78, 5) is 28.6. The molecule has 0 spiro atoms. The van der Waals surface area contributed by atoms with Gasteiger partial charge in [0.1, 0.15) is 17.6 Å². The van der Waals surface area contributed by atoms with Gasteiger partial charge in [-0.3, -0.25) is 9.59 Å². The summed E-state index contributed by atoms with van der Waals surface area (Å²) in [6, 6.07) is 20.5. The zero-order valence-corrected chi connectivity index (χ0v) is 21.5. The Balaban J connectivity index is 1.91. The summed E-state index contributed by atoms with van der Waals surface area (Å²) in [7, 11) is 0. The monoisotopic (exact) mass is 490 g/mol. The summed E-state index contributed by atoms with van der Waals surface area (Å²) >= 11 is 0. The summed E-state index contributed by atoms with van der Waals surface area (Å²) in [6.45, 7) is 8.42. The minimum absolute atomic E-state index is 0.155. The molecule has 0 fully saturated rings. The van der Waals surface area contributed by atoms with E-state index in [-0.39, 0.29) is 36.7 Å². The van der Waals surface area contributed by atoms with Crippen LogP contribution < -0.4 is 10.1 Å². The number of benzene rings is 3. The third-order valence-corrected chi connectivity index (χ3v) is 6.13. The second-order valence-corrected chi connectivity index (χ2v) is 9.48. The number of ether oxygens (including phenoxy) is 1. The molecule has 0 aliphatic heterocycles. The molecule has 0 saturated heterocycles. The molecule has 0 radical (unpaired) electrons. The number of nitrogens with zero attached hydrogens (tertiary/aromatic N) is 1. The number of carbonyl (C=O) groups excluding carboxylic acids is 2. The Bertz CT molecular complexity index is 1150. The SMILES string of the molecule is Cc1cccc(OCC(=O)N(Cc2ccc(F)cc2)[C@@H](Cc2ccccc2)C(=O)NCC(C)C)c1C. The van der Waals surface area contributed by atoms with Crippen LogP contribution in [0.2, 0.25) is 0 Å². The van der Waals surface area contributed by atoms with Gasteiger partial charge in [-0.2, -0.15) is 0 Å². The van der Waals surface area contributed by atoms with Crippen LogP contribution in [0.5, 0.6) is 5.75 Å². The lowest BCUT2D eigenvalue weighted by atomic mass is 10.0. The molecule has 1 atom stereocenters. The molecule has 3 rings (SSSR count). The summed E-state index contributed by atoms with van der Waals surface area (Å²) < 4.78 is 19.5. The van der Waals surface area contributed by atoms with Gasteiger partial charge < -0.3 is 15.0 Å². The van der Waals surface area contributed by atoms with Crippen molar-refractivity contribution in [1.29, 1.82) is 0 Å². The minimum Gasteiger partial charge on any atom is -0.483 e. The summed E-state index contributed by atoms with van der Waals surface area (Å²) in [5.74, 6) is -0.00448. The average Bonchev–Trinajstić information content (AvgIpc) is 2.87. The van der Waals surface area contributed by atoms with E-state index in [9.17, 15) is 14.0 Å². The molecule has 0 aliphatic rings. The van der Waals surface area contributed by atoms with Crippen LogP contribution in [-0.4, -0.2) is 35.9 Å². The second-order valence-electron chi connectivity index (χ2n) is 9.48. The highest BCUT2D eigenvalue weighted by molar-refractivity contribution is 5.88. The molecule has 0 heterocycles. The molecule has 0 unspecified atom stereocenters. The largest absolute Gasteiger partial charge is 0.483 e. The lowest BCUT2D eigenvalue weighted by molar-refractivity contribution is -0.142. The molecular weight excluding hydrogens is 455 g/mol. The van der Waals surface area contributed by atoms with Gasteiger partial charge in [0.2, 0.25) is 5.91 Å². The predicted octanol–water partition coefficient (Wildman–Crippen LogP) is 5.23. The Morgan fingerprint density at radius 2 is 1.61 bits per heavy atom. The van der Waals surface area contributed by atoms with E-state index < -0.39 is 6.04 Å². The molecule has 0 aromatic heterocycles. The Morgan fingerprint density at radius 1 is 0.917 bits per heavy atom. The summed E-state index contributed by atoms with van der Waals surface area (Å²) in [5, 5.41) is 2.99. The molecular formula is C30H35FN2O3. The van der Waals surface area contributed by atoms with Crippen molar-refractivity contribution in [3.05, 3.63) is 101 Å². The highest BCUT2D eigenvalue weighted by Gasteiger charge is 2.30. The fraction of sp³-hybridized carbons (Fsp3) is 0.333. The molecule has 1 N–H and O–H groups in total. The first-order chi connectivity index (χ1) is 17.2. The number of amides is 2. The van der Waals surface area contributed by atoms with E-state index in [0.717, 1.165) is 22.3 Å². The van der Waals surface area contributed by atoms with E-state index in [1.54, 1.807) is 17.0 Å². The third-order valence-electron chi connectivity index (χ3n) is 6.13. The van der Waals surface area contributed by atoms with Gasteiger partial charge in [0.15, 0.2) is 6.61 Å². The maximum atomic E-state index is 13.6.